The van der Waals surface area contributed by atoms with Crippen molar-refractivity contribution in [2.45, 2.75) is 50.0 Å². The van der Waals surface area contributed by atoms with E-state index in [9.17, 15) is 9.00 Å². The molecule has 0 radical (unpaired) electrons. The van der Waals surface area contributed by atoms with E-state index in [0.29, 0.717) is 47.2 Å². The largest absolute Gasteiger partial charge is 0.453 e. The van der Waals surface area contributed by atoms with Gasteiger partial charge in [-0.3, -0.25) is 4.21 Å². The number of methoxy groups -OCH3 is 1. The zero-order valence-electron chi connectivity index (χ0n) is 20.8. The highest BCUT2D eigenvalue weighted by Gasteiger charge is 2.39. The Morgan fingerprint density at radius 2 is 2.06 bits per heavy atom. The zero-order chi connectivity index (χ0) is 25.0. The minimum atomic E-state index is -1.14. The van der Waals surface area contributed by atoms with Crippen LogP contribution >= 0.6 is 0 Å². The SMILES string of the molecule is COC(=O)NCC(C)(C)Nc1nc(N2C[C@H]3CC(c4ncc5c(n4)CC5)=C[C@H]3C2)nc2c1[S@](=O)CC2. The Morgan fingerprint density at radius 1 is 1.19 bits per heavy atom. The van der Waals surface area contributed by atoms with E-state index in [1.807, 2.05) is 20.0 Å². The number of hydrogen-bond donors (Lipinski definition) is 2. The maximum Gasteiger partial charge on any atom is 0.406 e. The molecule has 2 aliphatic carbocycles. The predicted molar refractivity (Wildman–Crippen MR) is 136 cm³/mol. The first kappa shape index (κ1) is 23.3. The lowest BCUT2D eigenvalue weighted by atomic mass is 9.95. The summed E-state index contributed by atoms with van der Waals surface area (Å²) in [6, 6.07) is 0. The zero-order valence-corrected chi connectivity index (χ0v) is 21.7. The van der Waals surface area contributed by atoms with Gasteiger partial charge in [0.15, 0.2) is 5.82 Å². The second-order valence-corrected chi connectivity index (χ2v) is 12.2. The summed E-state index contributed by atoms with van der Waals surface area (Å²) in [5.74, 6) is 3.61. The minimum absolute atomic E-state index is 0.326. The second-order valence-electron chi connectivity index (χ2n) is 10.7. The summed E-state index contributed by atoms with van der Waals surface area (Å²) in [6.07, 6.45) is 7.63. The third kappa shape index (κ3) is 4.23. The monoisotopic (exact) mass is 509 g/mol. The molecule has 4 aliphatic rings. The van der Waals surface area contributed by atoms with Crippen molar-refractivity contribution in [1.29, 1.82) is 0 Å². The Labute approximate surface area is 212 Å². The fourth-order valence-electron chi connectivity index (χ4n) is 5.48. The highest BCUT2D eigenvalue weighted by Crippen LogP contribution is 2.42. The average molecular weight is 510 g/mol. The number of allylic oxidation sites excluding steroid dienone is 1. The van der Waals surface area contributed by atoms with E-state index in [4.69, 9.17) is 15.0 Å². The van der Waals surface area contributed by atoms with E-state index < -0.39 is 22.4 Å². The molecule has 6 rings (SSSR count). The number of rotatable bonds is 6. The summed E-state index contributed by atoms with van der Waals surface area (Å²) < 4.78 is 17.5. The van der Waals surface area contributed by atoms with Gasteiger partial charge in [0.2, 0.25) is 5.95 Å². The van der Waals surface area contributed by atoms with Crippen LogP contribution < -0.4 is 15.5 Å². The van der Waals surface area contributed by atoms with Gasteiger partial charge in [0.1, 0.15) is 10.7 Å². The van der Waals surface area contributed by atoms with Gasteiger partial charge >= 0.3 is 6.09 Å². The van der Waals surface area contributed by atoms with Crippen LogP contribution in [-0.4, -0.2) is 68.3 Å². The Balaban J connectivity index is 1.21. The van der Waals surface area contributed by atoms with Crippen molar-refractivity contribution >= 4 is 34.2 Å². The van der Waals surface area contributed by atoms with Crippen LogP contribution in [0.15, 0.2) is 17.2 Å². The number of carbonyl (C=O) groups is 1. The third-order valence-electron chi connectivity index (χ3n) is 7.54. The number of hydrogen-bond acceptors (Lipinski definition) is 9. The summed E-state index contributed by atoms with van der Waals surface area (Å²) in [6.45, 7) is 5.95. The maximum absolute atomic E-state index is 12.8. The van der Waals surface area contributed by atoms with Crippen molar-refractivity contribution in [2.24, 2.45) is 11.8 Å². The van der Waals surface area contributed by atoms with Crippen LogP contribution in [0.4, 0.5) is 16.6 Å². The molecule has 1 fully saturated rings. The molecule has 3 atom stereocenters. The van der Waals surface area contributed by atoms with Crippen molar-refractivity contribution in [3.63, 3.8) is 0 Å². The second kappa shape index (κ2) is 8.79. The maximum atomic E-state index is 12.8. The number of nitrogens with zero attached hydrogens (tertiary/aromatic N) is 5. The summed E-state index contributed by atoms with van der Waals surface area (Å²) in [5.41, 5.74) is 4.06. The normalized spacial score (nSPS) is 23.9. The number of nitrogens with one attached hydrogen (secondary N) is 2. The number of carbonyl (C=O) groups excluding carboxylic acids is 1. The molecular weight excluding hydrogens is 478 g/mol. The van der Waals surface area contributed by atoms with Crippen molar-refractivity contribution < 1.29 is 13.7 Å². The van der Waals surface area contributed by atoms with Gasteiger partial charge in [-0.1, -0.05) is 6.08 Å². The van der Waals surface area contributed by atoms with Gasteiger partial charge in [-0.25, -0.2) is 19.7 Å². The lowest BCUT2D eigenvalue weighted by Gasteiger charge is -2.28. The molecule has 2 aliphatic heterocycles. The number of alkyl carbamates (subject to hydrolysis) is 1. The summed E-state index contributed by atoms with van der Waals surface area (Å²) in [4.78, 5) is 33.6. The molecule has 0 spiro atoms. The Hall–Kier alpha value is -3.08. The summed E-state index contributed by atoms with van der Waals surface area (Å²) >= 11 is 0. The van der Waals surface area contributed by atoms with Crippen LogP contribution in [-0.2, 0) is 34.8 Å². The first-order chi connectivity index (χ1) is 17.3. The van der Waals surface area contributed by atoms with Crippen molar-refractivity contribution in [3.05, 3.63) is 35.0 Å². The van der Waals surface area contributed by atoms with Crippen molar-refractivity contribution in [1.82, 2.24) is 25.3 Å². The Kier molecular flexibility index (Phi) is 5.70. The molecule has 1 saturated heterocycles. The number of aryl methyl sites for hydroxylation is 3. The van der Waals surface area contributed by atoms with Crippen LogP contribution in [0, 0.1) is 11.8 Å². The molecule has 0 unspecified atom stereocenters. The predicted octanol–water partition coefficient (Wildman–Crippen LogP) is 2.12. The van der Waals surface area contributed by atoms with E-state index in [2.05, 4.69) is 31.3 Å². The number of anilines is 2. The number of fused-ring (bicyclic) bond motifs is 3. The highest BCUT2D eigenvalue weighted by atomic mass is 32.2. The van der Waals surface area contributed by atoms with Crippen LogP contribution in [0.3, 0.4) is 0 Å². The molecule has 190 valence electrons. The topological polar surface area (TPSA) is 122 Å². The lowest BCUT2D eigenvalue weighted by molar-refractivity contribution is 0.169. The molecule has 11 heteroatoms. The van der Waals surface area contributed by atoms with Crippen LogP contribution in [0.25, 0.3) is 5.57 Å². The van der Waals surface area contributed by atoms with Gasteiger partial charge in [-0.15, -0.1) is 0 Å². The summed E-state index contributed by atoms with van der Waals surface area (Å²) in [7, 11) is 0.198. The van der Waals surface area contributed by atoms with E-state index in [0.717, 1.165) is 43.9 Å². The smallest absolute Gasteiger partial charge is 0.406 e. The van der Waals surface area contributed by atoms with Gasteiger partial charge in [0.25, 0.3) is 0 Å². The minimum Gasteiger partial charge on any atom is -0.453 e. The van der Waals surface area contributed by atoms with E-state index in [1.165, 1.54) is 23.9 Å². The molecule has 2 aromatic heterocycles. The van der Waals surface area contributed by atoms with Gasteiger partial charge in [-0.2, -0.15) is 4.98 Å². The molecular formula is C25H31N7O3S. The van der Waals surface area contributed by atoms with Gasteiger partial charge < -0.3 is 20.3 Å². The average Bonchev–Trinajstić information content (AvgIpc) is 3.51. The number of amides is 1. The molecule has 2 N–H and O–H groups in total. The molecule has 4 heterocycles. The first-order valence-corrected chi connectivity index (χ1v) is 13.8. The molecule has 0 saturated carbocycles. The molecule has 36 heavy (non-hydrogen) atoms. The molecule has 0 bridgehead atoms. The molecule has 0 aromatic carbocycles. The fourth-order valence-corrected chi connectivity index (χ4v) is 6.78. The quantitative estimate of drug-likeness (QED) is 0.603. The van der Waals surface area contributed by atoms with Gasteiger partial charge in [-0.05, 0) is 56.1 Å². The highest BCUT2D eigenvalue weighted by molar-refractivity contribution is 7.85. The number of ether oxygens (including phenoxy) is 1. The van der Waals surface area contributed by atoms with Crippen LogP contribution in [0.1, 0.15) is 43.0 Å². The number of aromatic nitrogens is 4. The lowest BCUT2D eigenvalue weighted by Crippen LogP contribution is -2.44. The van der Waals surface area contributed by atoms with Crippen molar-refractivity contribution in [3.8, 4) is 0 Å². The third-order valence-corrected chi connectivity index (χ3v) is 9.00. The molecule has 1 amide bonds. The van der Waals surface area contributed by atoms with Crippen LogP contribution in [0.5, 0.6) is 0 Å². The Bertz CT molecular complexity index is 1290. The first-order valence-electron chi connectivity index (χ1n) is 12.5. The molecule has 2 aromatic rings. The van der Waals surface area contributed by atoms with Gasteiger partial charge in [0.05, 0.1) is 29.1 Å². The van der Waals surface area contributed by atoms with Crippen molar-refractivity contribution in [2.75, 3.05) is 42.7 Å². The summed E-state index contributed by atoms with van der Waals surface area (Å²) in [5, 5.41) is 6.14. The van der Waals surface area contributed by atoms with Crippen LogP contribution in [0.2, 0.25) is 0 Å². The van der Waals surface area contributed by atoms with E-state index in [1.54, 1.807) is 0 Å². The Morgan fingerprint density at radius 3 is 2.78 bits per heavy atom. The van der Waals surface area contributed by atoms with Gasteiger partial charge in [0, 0.05) is 43.7 Å². The fraction of sp³-hybridized carbons (Fsp3) is 0.560. The standard InChI is InChI=1S/C25H31N7O3S/c1-25(2,13-27-24(33)35-3)31-22-20-19(6-7-36(20)34)29-23(30-22)32-11-16-8-15(9-17(16)12-32)21-26-10-14-4-5-18(14)28-21/h8,10,16-17H,4-7,9,11-13H2,1-3H3,(H,27,33)(H,29,30,31)/t16-,17+,36+/m0/s1. The van der Waals surface area contributed by atoms with E-state index in [-0.39, 0.29) is 0 Å². The molecule has 10 nitrogen and oxygen atoms in total. The van der Waals surface area contributed by atoms with E-state index >= 15 is 0 Å².